The lowest BCUT2D eigenvalue weighted by Gasteiger charge is -2.11. The number of aliphatic hydroxyl groups excluding tert-OH is 1. The van der Waals surface area contributed by atoms with Crippen LogP contribution < -0.4 is 20.1 Å². The fourth-order valence-electron chi connectivity index (χ4n) is 5.56. The van der Waals surface area contributed by atoms with Crippen LogP contribution in [0.1, 0.15) is 294 Å². The van der Waals surface area contributed by atoms with E-state index < -0.39 is 17.9 Å². The fraction of sp³-hybridized carbons (Fsp3) is 0.686. The minimum Gasteiger partial charge on any atom is -0.494 e. The molecular weight excluding hydrogens is 1430 g/mol. The number of hydrogen-bond acceptors (Lipinski definition) is 24. The molecule has 660 valence electrons. The summed E-state index contributed by atoms with van der Waals surface area (Å²) in [5.74, 6) is -1.74. The number of rotatable bonds is 34. The summed E-state index contributed by atoms with van der Waals surface area (Å²) in [5, 5.41) is 13.9. The maximum atomic E-state index is 11.8. The number of alkyl carbamates (subject to hydrolysis) is 1. The SMILES string of the molecule is C.C.C.C.C.C.C.C.C.C.C.C=CC.C=CC(=O)OC(C)CC.C=CC(=O)OCCCCOc1ccc(C(=O)OC(C)CC)cc1.CCC(C)O.CCC(C)OC(=O)CC(=O)Oc1ccccc1.CCC(C)OC(=O)CC1CO1.CCC(C)OC(=O)COC1CN1.CCC(C)OC(=O)NCC1CO1.CCC(C)OC(C)=O. The molecule has 3 heterocycles. The summed E-state index contributed by atoms with van der Waals surface area (Å²) in [6, 6.07) is 15.5. The molecule has 0 aliphatic carbocycles. The molecule has 0 bridgehead atoms. The molecule has 3 aliphatic rings. The van der Waals surface area contributed by atoms with Gasteiger partial charge in [-0.05, 0) is 163 Å². The lowest BCUT2D eigenvalue weighted by atomic mass is 10.2. The zero-order valence-corrected chi connectivity index (χ0v) is 63.3. The molecule has 3 fully saturated rings. The molecule has 0 saturated carbocycles. The Bertz CT molecular complexity index is 2470. The van der Waals surface area contributed by atoms with Crippen LogP contribution in [0.4, 0.5) is 4.79 Å². The number of para-hydroxylation sites is 1. The Kier molecular flexibility index (Phi) is 114. The van der Waals surface area contributed by atoms with Crippen molar-refractivity contribution in [2.75, 3.05) is 46.1 Å². The topological polar surface area (TPSA) is 334 Å². The molecule has 2 aromatic rings. The third-order valence-corrected chi connectivity index (χ3v) is 13.1. The summed E-state index contributed by atoms with van der Waals surface area (Å²) in [5.41, 5.74) is 0.508. The largest absolute Gasteiger partial charge is 0.494 e. The van der Waals surface area contributed by atoms with Crippen molar-refractivity contribution in [1.29, 1.82) is 0 Å². The fourth-order valence-corrected chi connectivity index (χ4v) is 5.56. The number of ether oxygens (including phenoxy) is 13. The van der Waals surface area contributed by atoms with Crippen LogP contribution in [0.5, 0.6) is 11.5 Å². The van der Waals surface area contributed by atoms with Gasteiger partial charge in [0.2, 0.25) is 0 Å². The first-order chi connectivity index (χ1) is 47.4. The molecule has 3 aliphatic heterocycles. The minimum absolute atomic E-state index is 0. The van der Waals surface area contributed by atoms with Crippen molar-refractivity contribution in [3.63, 3.8) is 0 Å². The maximum Gasteiger partial charge on any atom is 0.407 e. The minimum atomic E-state index is -0.607. The van der Waals surface area contributed by atoms with Crippen molar-refractivity contribution in [3.05, 3.63) is 98.1 Å². The van der Waals surface area contributed by atoms with Crippen LogP contribution >= 0.6 is 0 Å². The summed E-state index contributed by atoms with van der Waals surface area (Å²) in [4.78, 5) is 98.8. The summed E-state index contributed by atoms with van der Waals surface area (Å²) in [6.07, 6.45) is 12.1. The number of epoxide rings is 2. The van der Waals surface area contributed by atoms with E-state index in [1.807, 2.05) is 110 Å². The standard InChI is InChI=1S/C18H24O5.C13H16O4.2C8H15NO3.C8H14O3.C7H12O2.C6H12O2.C4H10O.C3H6.11CH4/c1-4-14(3)23-18(20)15-8-10-16(11-9-15)21-12-6-7-13-22-17(19)5-2;1-3-10(2)16-12(14)9-13(15)17-11-7-5-4-6-8-11;1-3-6(2)12-8(10)5-11-7-4-9-7;1-3-6(2)12-8(10)9-4-7-5-11-7;1-3-6(2)11-8(9)4-7-5-10-7;1-4-6(3)9-7(8)5-2;1-4-5(2)8-6(3)7;1-3-4(2)5;1-3-2;;;;;;;;;;;/h5,8-11,14H,2,4,6-7,12-13H2,1,3H3;4-8,10H,3,9H2,1-2H3;6-7,9H,3-5H2,1-2H3;6-7H,3-5H2,1-2H3,(H,9,10);6-7H,3-5H2,1-2H3;5-6H,2,4H2,1,3H3;5H,4H2,1-3H3;4-5H,3H2,1-2H3;3H,1H2,2H3;11*1H4. The number of carbonyl (C=O) groups excluding carboxylic acids is 9. The van der Waals surface area contributed by atoms with Crippen molar-refractivity contribution in [3.8, 4) is 11.5 Å². The van der Waals surface area contributed by atoms with Crippen LogP contribution in [-0.4, -0.2) is 172 Å². The number of unbranched alkanes of at least 4 members (excludes halogenated alkanes) is 1. The molecular formula is C86H168N2O23. The van der Waals surface area contributed by atoms with E-state index in [0.29, 0.717) is 43.2 Å². The molecule has 2 aromatic carbocycles. The summed E-state index contributed by atoms with van der Waals surface area (Å²) in [6.45, 7) is 47.5. The number of allylic oxidation sites excluding steroid dienone is 1. The van der Waals surface area contributed by atoms with E-state index in [0.717, 1.165) is 90.0 Å². The smallest absolute Gasteiger partial charge is 0.407 e. The monoisotopic (exact) mass is 1600 g/mol. The molecule has 3 N–H and O–H groups in total. The second kappa shape index (κ2) is 91.2. The first kappa shape index (κ1) is 139. The van der Waals surface area contributed by atoms with Crippen LogP contribution in [0.15, 0.2) is 92.6 Å². The van der Waals surface area contributed by atoms with Gasteiger partial charge >= 0.3 is 53.8 Å². The van der Waals surface area contributed by atoms with Gasteiger partial charge in [0.05, 0.1) is 93.3 Å². The first-order valence-corrected chi connectivity index (χ1v) is 34.7. The van der Waals surface area contributed by atoms with Crippen LogP contribution in [0.3, 0.4) is 0 Å². The van der Waals surface area contributed by atoms with Gasteiger partial charge in [-0.15, -0.1) is 6.58 Å². The van der Waals surface area contributed by atoms with Gasteiger partial charge in [-0.1, -0.05) is 175 Å². The van der Waals surface area contributed by atoms with E-state index >= 15 is 0 Å². The second-order valence-electron chi connectivity index (χ2n) is 22.8. The van der Waals surface area contributed by atoms with Crippen LogP contribution in [0.2, 0.25) is 0 Å². The highest BCUT2D eigenvalue weighted by molar-refractivity contribution is 5.92. The lowest BCUT2D eigenvalue weighted by molar-refractivity contribution is -0.155. The number of aliphatic hydroxyl groups is 1. The number of benzene rings is 2. The zero-order valence-electron chi connectivity index (χ0n) is 63.3. The second-order valence-corrected chi connectivity index (χ2v) is 22.8. The number of nitrogens with one attached hydrogen (secondary N) is 2. The molecule has 0 spiro atoms. The highest BCUT2D eigenvalue weighted by Gasteiger charge is 2.27. The van der Waals surface area contributed by atoms with E-state index in [4.69, 9.17) is 66.7 Å². The van der Waals surface area contributed by atoms with Gasteiger partial charge in [-0.25, -0.2) is 24.0 Å². The number of hydrogen-bond donors (Lipinski definition) is 3. The Labute approximate surface area is 677 Å². The van der Waals surface area contributed by atoms with Crippen molar-refractivity contribution in [2.24, 2.45) is 0 Å². The van der Waals surface area contributed by atoms with Crippen molar-refractivity contribution >= 4 is 53.8 Å². The van der Waals surface area contributed by atoms with Gasteiger partial charge in [0, 0.05) is 32.2 Å². The quantitative estimate of drug-likeness (QED) is 0.00856. The van der Waals surface area contributed by atoms with Crippen LogP contribution in [0, 0.1) is 0 Å². The Morgan fingerprint density at radius 1 is 0.505 bits per heavy atom. The maximum absolute atomic E-state index is 11.8. The number of carbonyl (C=O) groups is 9. The Hall–Kier alpha value is -7.71. The van der Waals surface area contributed by atoms with Crippen LogP contribution in [0.25, 0.3) is 0 Å². The van der Waals surface area contributed by atoms with E-state index in [2.05, 4.69) is 30.4 Å². The van der Waals surface area contributed by atoms with Crippen LogP contribution in [-0.2, 0) is 85.7 Å². The Balaban J connectivity index is -0.0000000736. The predicted molar refractivity (Wildman–Crippen MR) is 457 cm³/mol. The average molecular weight is 1600 g/mol. The third kappa shape index (κ3) is 98.3. The van der Waals surface area contributed by atoms with Crippen molar-refractivity contribution in [2.45, 2.75) is 351 Å². The molecule has 25 heteroatoms. The Morgan fingerprint density at radius 3 is 1.28 bits per heavy atom. The van der Waals surface area contributed by atoms with Gasteiger partial charge < -0.3 is 72.0 Å². The van der Waals surface area contributed by atoms with Gasteiger partial charge in [0.1, 0.15) is 36.9 Å². The number of esters is 8. The molecule has 0 radical (unpaired) electrons. The van der Waals surface area contributed by atoms with Crippen molar-refractivity contribution < 1.29 is 110 Å². The Morgan fingerprint density at radius 2 is 0.892 bits per heavy atom. The third-order valence-electron chi connectivity index (χ3n) is 13.1. The molecule has 1 amide bonds. The zero-order chi connectivity index (χ0) is 76.8. The first-order valence-electron chi connectivity index (χ1n) is 34.7. The summed E-state index contributed by atoms with van der Waals surface area (Å²) in [7, 11) is 0. The molecule has 11 unspecified atom stereocenters. The van der Waals surface area contributed by atoms with Gasteiger partial charge in [-0.3, -0.25) is 24.5 Å². The van der Waals surface area contributed by atoms with Crippen molar-refractivity contribution in [1.82, 2.24) is 10.6 Å². The molecule has 111 heavy (non-hydrogen) atoms. The average Bonchev–Trinajstić information content (AvgIpc) is 1.75. The van der Waals surface area contributed by atoms with E-state index in [9.17, 15) is 43.2 Å². The molecule has 25 nitrogen and oxygen atoms in total. The summed E-state index contributed by atoms with van der Waals surface area (Å²) < 4.78 is 65.0. The lowest BCUT2D eigenvalue weighted by Crippen LogP contribution is -2.30. The highest BCUT2D eigenvalue weighted by atomic mass is 16.6. The summed E-state index contributed by atoms with van der Waals surface area (Å²) >= 11 is 0. The van der Waals surface area contributed by atoms with E-state index in [1.165, 1.54) is 13.0 Å². The molecule has 11 atom stereocenters. The number of amides is 1. The highest BCUT2D eigenvalue weighted by Crippen LogP contribution is 2.17. The molecule has 3 saturated heterocycles. The van der Waals surface area contributed by atoms with Gasteiger partial charge in [-0.2, -0.15) is 0 Å². The van der Waals surface area contributed by atoms with Gasteiger partial charge in [0.15, 0.2) is 0 Å². The normalized spacial score (nSPS) is 14.3. The van der Waals surface area contributed by atoms with Gasteiger partial charge in [0.25, 0.3) is 0 Å². The molecule has 0 aromatic heterocycles. The van der Waals surface area contributed by atoms with E-state index in [-0.39, 0.29) is 198 Å². The predicted octanol–water partition coefficient (Wildman–Crippen LogP) is 20.0. The van der Waals surface area contributed by atoms with E-state index in [1.54, 1.807) is 68.5 Å². The molecule has 5 rings (SSSR count).